The lowest BCUT2D eigenvalue weighted by atomic mass is 10.0. The quantitative estimate of drug-likeness (QED) is 0.271. The fourth-order valence-electron chi connectivity index (χ4n) is 3.97. The van der Waals surface area contributed by atoms with Crippen LogP contribution in [0.25, 0.3) is 27.8 Å². The van der Waals surface area contributed by atoms with Crippen molar-refractivity contribution < 1.29 is 18.0 Å². The summed E-state index contributed by atoms with van der Waals surface area (Å²) in [5.74, 6) is -0.219. The first-order valence-corrected chi connectivity index (χ1v) is 11.7. The second-order valence-electron chi connectivity index (χ2n) is 9.83. The van der Waals surface area contributed by atoms with Crippen molar-refractivity contribution in [3.8, 4) is 11.1 Å². The Balaban J connectivity index is 1.37. The van der Waals surface area contributed by atoms with Gasteiger partial charge >= 0.3 is 6.18 Å². The molecule has 0 unspecified atom stereocenters. The van der Waals surface area contributed by atoms with Crippen LogP contribution in [0.15, 0.2) is 66.9 Å². The van der Waals surface area contributed by atoms with E-state index in [2.05, 4.69) is 46.4 Å². The molecule has 5 aromatic rings. The number of aromatic nitrogens is 4. The van der Waals surface area contributed by atoms with Crippen molar-refractivity contribution in [2.45, 2.75) is 39.0 Å². The lowest BCUT2D eigenvalue weighted by Crippen LogP contribution is -2.35. The predicted molar refractivity (Wildman–Crippen MR) is 136 cm³/mol. The number of aromatic amines is 1. The van der Waals surface area contributed by atoms with Gasteiger partial charge < -0.3 is 14.7 Å². The molecule has 0 radical (unpaired) electrons. The van der Waals surface area contributed by atoms with E-state index in [0.29, 0.717) is 34.4 Å². The highest BCUT2D eigenvalue weighted by atomic mass is 19.4. The number of imidazole rings is 2. The third-order valence-corrected chi connectivity index (χ3v) is 5.85. The van der Waals surface area contributed by atoms with E-state index in [1.165, 1.54) is 6.07 Å². The second-order valence-corrected chi connectivity index (χ2v) is 9.83. The summed E-state index contributed by atoms with van der Waals surface area (Å²) in [5.41, 5.74) is 3.21. The van der Waals surface area contributed by atoms with Gasteiger partial charge in [0.1, 0.15) is 11.3 Å². The first-order valence-electron chi connectivity index (χ1n) is 11.7. The second kappa shape index (κ2) is 9.04. The van der Waals surface area contributed by atoms with Crippen LogP contribution in [0.3, 0.4) is 0 Å². The van der Waals surface area contributed by atoms with Crippen molar-refractivity contribution >= 4 is 28.5 Å². The summed E-state index contributed by atoms with van der Waals surface area (Å²) in [6.07, 6.45) is -2.75. The minimum absolute atomic E-state index is 0.0642. The average molecular weight is 507 g/mol. The Bertz CT molecular complexity index is 1610. The molecule has 0 atom stereocenters. The van der Waals surface area contributed by atoms with Gasteiger partial charge in [-0.1, -0.05) is 24.3 Å². The molecule has 7 nitrogen and oxygen atoms in total. The first kappa shape index (κ1) is 24.5. The van der Waals surface area contributed by atoms with Crippen LogP contribution in [-0.4, -0.2) is 30.8 Å². The lowest BCUT2D eigenvalue weighted by molar-refractivity contribution is -0.137. The number of rotatable bonds is 5. The van der Waals surface area contributed by atoms with Gasteiger partial charge in [-0.3, -0.25) is 10.1 Å². The summed E-state index contributed by atoms with van der Waals surface area (Å²) in [6, 6.07) is 15.9. The number of nitrogens with zero attached hydrogens (tertiary/aromatic N) is 3. The number of benzene rings is 2. The van der Waals surface area contributed by atoms with E-state index >= 15 is 0 Å². The minimum Gasteiger partial charge on any atom is -0.324 e. The van der Waals surface area contributed by atoms with Crippen molar-refractivity contribution in [2.24, 2.45) is 0 Å². The largest absolute Gasteiger partial charge is 0.416 e. The number of fused-ring (bicyclic) bond motifs is 2. The Morgan fingerprint density at radius 3 is 2.49 bits per heavy atom. The van der Waals surface area contributed by atoms with Gasteiger partial charge in [0, 0.05) is 24.0 Å². The van der Waals surface area contributed by atoms with E-state index in [9.17, 15) is 18.0 Å². The Morgan fingerprint density at radius 2 is 1.73 bits per heavy atom. The van der Waals surface area contributed by atoms with Gasteiger partial charge in [0.25, 0.3) is 5.91 Å². The molecular formula is C27H25F3N6O. The SMILES string of the molecule is CC(C)(C)NCc1cccc2nc(C(=O)Nc3nc4cc(-c5cccc(C(F)(F)F)c5)ccc4[nH]3)cn12. The molecule has 10 heteroatoms. The topological polar surface area (TPSA) is 87.1 Å². The van der Waals surface area contributed by atoms with Crippen LogP contribution in [-0.2, 0) is 12.7 Å². The standard InChI is InChI=1S/C27H25F3N6O/c1-26(2,3)31-14-19-8-5-9-23-32-22(15-36(19)23)24(37)35-25-33-20-11-10-17(13-21(20)34-25)16-6-4-7-18(12-16)27(28,29)30/h4-13,15,31H,14H2,1-3H3,(H2,33,34,35,37). The molecule has 0 fully saturated rings. The van der Waals surface area contributed by atoms with Crippen LogP contribution in [0.2, 0.25) is 0 Å². The predicted octanol–water partition coefficient (Wildman–Crippen LogP) is 6.04. The molecular weight excluding hydrogens is 481 g/mol. The highest BCUT2D eigenvalue weighted by Gasteiger charge is 2.30. The number of carbonyl (C=O) groups is 1. The summed E-state index contributed by atoms with van der Waals surface area (Å²) < 4.78 is 41.2. The minimum atomic E-state index is -4.42. The van der Waals surface area contributed by atoms with E-state index in [-0.39, 0.29) is 17.2 Å². The monoisotopic (exact) mass is 506 g/mol. The van der Waals surface area contributed by atoms with E-state index in [1.54, 1.807) is 30.5 Å². The Labute approximate surface area is 210 Å². The maximum absolute atomic E-state index is 13.1. The highest BCUT2D eigenvalue weighted by molar-refractivity contribution is 6.03. The summed E-state index contributed by atoms with van der Waals surface area (Å²) in [5, 5.41) is 6.16. The smallest absolute Gasteiger partial charge is 0.324 e. The number of pyridine rings is 1. The molecule has 2 aromatic carbocycles. The summed E-state index contributed by atoms with van der Waals surface area (Å²) >= 11 is 0. The van der Waals surface area contributed by atoms with Crippen molar-refractivity contribution in [2.75, 3.05) is 5.32 Å². The first-order chi connectivity index (χ1) is 17.5. The molecule has 190 valence electrons. The summed E-state index contributed by atoms with van der Waals surface area (Å²) in [6.45, 7) is 6.84. The number of nitrogens with one attached hydrogen (secondary N) is 3. The van der Waals surface area contributed by atoms with Gasteiger partial charge in [0.15, 0.2) is 0 Å². The molecule has 5 rings (SSSR count). The summed E-state index contributed by atoms with van der Waals surface area (Å²) in [4.78, 5) is 24.8. The maximum Gasteiger partial charge on any atom is 0.416 e. The van der Waals surface area contributed by atoms with Crippen LogP contribution in [0.1, 0.15) is 42.5 Å². The van der Waals surface area contributed by atoms with E-state index in [4.69, 9.17) is 0 Å². The van der Waals surface area contributed by atoms with Gasteiger partial charge in [-0.05, 0) is 68.3 Å². The number of alkyl halides is 3. The molecule has 0 aliphatic rings. The number of halogens is 3. The van der Waals surface area contributed by atoms with Gasteiger partial charge in [0.05, 0.1) is 16.6 Å². The molecule has 0 saturated heterocycles. The molecule has 3 N–H and O–H groups in total. The van der Waals surface area contributed by atoms with E-state index in [0.717, 1.165) is 17.8 Å². The van der Waals surface area contributed by atoms with E-state index in [1.807, 2.05) is 22.6 Å². The van der Waals surface area contributed by atoms with Gasteiger partial charge in [-0.25, -0.2) is 9.97 Å². The van der Waals surface area contributed by atoms with E-state index < -0.39 is 17.6 Å². The van der Waals surface area contributed by atoms with Gasteiger partial charge in [-0.15, -0.1) is 0 Å². The third kappa shape index (κ3) is 5.34. The van der Waals surface area contributed by atoms with Crippen molar-refractivity contribution in [3.63, 3.8) is 0 Å². The number of hydrogen-bond acceptors (Lipinski definition) is 4. The average Bonchev–Trinajstić information content (AvgIpc) is 3.45. The Morgan fingerprint density at radius 1 is 0.973 bits per heavy atom. The number of H-pyrrole nitrogens is 1. The summed E-state index contributed by atoms with van der Waals surface area (Å²) in [7, 11) is 0. The number of anilines is 1. The molecule has 0 bridgehead atoms. The molecule has 1 amide bonds. The Kier molecular flexibility index (Phi) is 5.99. The van der Waals surface area contributed by atoms with Crippen LogP contribution in [0.4, 0.5) is 19.1 Å². The van der Waals surface area contributed by atoms with Crippen LogP contribution >= 0.6 is 0 Å². The molecule has 0 aliphatic carbocycles. The fraction of sp³-hybridized carbons (Fsp3) is 0.222. The molecule has 3 aromatic heterocycles. The number of hydrogen-bond donors (Lipinski definition) is 3. The zero-order chi connectivity index (χ0) is 26.4. The number of carbonyl (C=O) groups excluding carboxylic acids is 1. The molecule has 37 heavy (non-hydrogen) atoms. The van der Waals surface area contributed by atoms with Crippen molar-refractivity contribution in [1.29, 1.82) is 0 Å². The Hall–Kier alpha value is -4.18. The number of amides is 1. The van der Waals surface area contributed by atoms with Crippen LogP contribution in [0.5, 0.6) is 0 Å². The lowest BCUT2D eigenvalue weighted by Gasteiger charge is -2.20. The zero-order valence-electron chi connectivity index (χ0n) is 20.4. The third-order valence-electron chi connectivity index (χ3n) is 5.85. The normalized spacial score (nSPS) is 12.4. The van der Waals surface area contributed by atoms with Crippen molar-refractivity contribution in [1.82, 2.24) is 24.7 Å². The molecule has 0 spiro atoms. The zero-order valence-corrected chi connectivity index (χ0v) is 20.4. The van der Waals surface area contributed by atoms with Crippen LogP contribution < -0.4 is 10.6 Å². The van der Waals surface area contributed by atoms with Gasteiger partial charge in [0.2, 0.25) is 5.95 Å². The van der Waals surface area contributed by atoms with Crippen LogP contribution in [0, 0.1) is 0 Å². The van der Waals surface area contributed by atoms with Crippen molar-refractivity contribution in [3.05, 3.63) is 83.8 Å². The molecule has 3 heterocycles. The molecule has 0 saturated carbocycles. The fourth-order valence-corrected chi connectivity index (χ4v) is 3.97. The highest BCUT2D eigenvalue weighted by Crippen LogP contribution is 2.33. The van der Waals surface area contributed by atoms with Gasteiger partial charge in [-0.2, -0.15) is 13.2 Å². The molecule has 0 aliphatic heterocycles. The maximum atomic E-state index is 13.1.